The molecule has 5 nitrogen and oxygen atoms in total. The number of hydrogen-bond donors (Lipinski definition) is 1. The second-order valence-electron chi connectivity index (χ2n) is 6.20. The second-order valence-corrected chi connectivity index (χ2v) is 6.20. The van der Waals surface area contributed by atoms with Gasteiger partial charge in [0.05, 0.1) is 6.61 Å². The molecule has 3 heterocycles. The molecule has 3 aromatic rings. The lowest BCUT2D eigenvalue weighted by atomic mass is 10.1. The number of halogens is 1. The van der Waals surface area contributed by atoms with Crippen LogP contribution >= 0.6 is 0 Å². The van der Waals surface area contributed by atoms with Gasteiger partial charge in [-0.15, -0.1) is 0 Å². The Morgan fingerprint density at radius 1 is 1.31 bits per heavy atom. The van der Waals surface area contributed by atoms with Crippen LogP contribution in [0.1, 0.15) is 29.4 Å². The van der Waals surface area contributed by atoms with Crippen LogP contribution in [0.25, 0.3) is 22.5 Å². The molecule has 0 saturated heterocycles. The number of amides is 1. The fraction of sp³-hybridized carbons (Fsp3) is 0.200. The van der Waals surface area contributed by atoms with Crippen molar-refractivity contribution in [2.24, 2.45) is 0 Å². The van der Waals surface area contributed by atoms with E-state index in [4.69, 9.17) is 4.74 Å². The Morgan fingerprint density at radius 2 is 2.08 bits per heavy atom. The maximum Gasteiger partial charge on any atom is 0.270 e. The highest BCUT2D eigenvalue weighted by molar-refractivity contribution is 5.99. The number of fused-ring (bicyclic) bond motifs is 2. The average molecular weight is 351 g/mol. The molecule has 1 aliphatic rings. The van der Waals surface area contributed by atoms with Crippen LogP contribution in [0.2, 0.25) is 0 Å². The van der Waals surface area contributed by atoms with Crippen LogP contribution in [0.15, 0.2) is 42.6 Å². The first-order valence-corrected chi connectivity index (χ1v) is 8.42. The molecule has 0 radical (unpaired) electrons. The molecule has 1 aliphatic heterocycles. The van der Waals surface area contributed by atoms with E-state index in [1.165, 1.54) is 12.1 Å². The fourth-order valence-corrected chi connectivity index (χ4v) is 3.18. The van der Waals surface area contributed by atoms with E-state index in [0.717, 1.165) is 23.3 Å². The molecule has 0 atom stereocenters. The number of nitrogens with one attached hydrogen (secondary N) is 1. The van der Waals surface area contributed by atoms with Crippen LogP contribution in [0.4, 0.5) is 4.39 Å². The normalized spacial score (nSPS) is 13.6. The molecule has 0 fully saturated rings. The Morgan fingerprint density at radius 3 is 2.81 bits per heavy atom. The van der Waals surface area contributed by atoms with Crippen molar-refractivity contribution in [1.29, 1.82) is 0 Å². The summed E-state index contributed by atoms with van der Waals surface area (Å²) in [6, 6.07) is 7.81. The van der Waals surface area contributed by atoms with E-state index in [1.807, 2.05) is 19.2 Å². The van der Waals surface area contributed by atoms with Gasteiger partial charge in [0.25, 0.3) is 5.91 Å². The van der Waals surface area contributed by atoms with Crippen molar-refractivity contribution in [3.8, 4) is 17.0 Å². The summed E-state index contributed by atoms with van der Waals surface area (Å²) in [5.74, 6) is 0.163. The van der Waals surface area contributed by atoms with Crippen LogP contribution in [0, 0.1) is 5.82 Å². The molecule has 0 saturated carbocycles. The van der Waals surface area contributed by atoms with Crippen molar-refractivity contribution >= 4 is 17.1 Å². The van der Waals surface area contributed by atoms with E-state index in [9.17, 15) is 9.18 Å². The molecule has 0 unspecified atom stereocenters. The van der Waals surface area contributed by atoms with E-state index < -0.39 is 0 Å². The summed E-state index contributed by atoms with van der Waals surface area (Å²) >= 11 is 0. The maximum atomic E-state index is 13.3. The van der Waals surface area contributed by atoms with Gasteiger partial charge in [0.2, 0.25) is 0 Å². The van der Waals surface area contributed by atoms with Gasteiger partial charge in [-0.2, -0.15) is 0 Å². The Balaban J connectivity index is 2.01. The summed E-state index contributed by atoms with van der Waals surface area (Å²) in [6.45, 7) is 2.63. The zero-order chi connectivity index (χ0) is 18.3. The number of allylic oxidation sites excluding steroid dienone is 1. The third kappa shape index (κ3) is 2.63. The minimum absolute atomic E-state index is 0.257. The van der Waals surface area contributed by atoms with Crippen LogP contribution in [0.5, 0.6) is 5.75 Å². The quantitative estimate of drug-likeness (QED) is 0.766. The van der Waals surface area contributed by atoms with Crippen molar-refractivity contribution in [3.05, 3.63) is 59.7 Å². The van der Waals surface area contributed by atoms with Gasteiger partial charge in [0.1, 0.15) is 28.6 Å². The Kier molecular flexibility index (Phi) is 3.95. The molecule has 0 aliphatic carbocycles. The van der Waals surface area contributed by atoms with Crippen molar-refractivity contribution in [3.63, 3.8) is 0 Å². The highest BCUT2D eigenvalue weighted by Crippen LogP contribution is 2.33. The minimum atomic E-state index is -0.333. The summed E-state index contributed by atoms with van der Waals surface area (Å²) in [5, 5.41) is 2.66. The Bertz CT molecular complexity index is 1040. The number of ether oxygens (including phenoxy) is 1. The van der Waals surface area contributed by atoms with Crippen LogP contribution < -0.4 is 10.1 Å². The van der Waals surface area contributed by atoms with Crippen molar-refractivity contribution in [2.75, 3.05) is 13.7 Å². The standard InChI is InChI=1S/C20H18FN3O2/c1-12-4-3-9-26-16-10-17-23-18(13-5-7-14(21)8-6-13)19(20(25)22-2)24(17)11-15(12)16/h4-8,10-11H,3,9H2,1-2H3,(H,22,25). The molecule has 0 bridgehead atoms. The predicted molar refractivity (Wildman–Crippen MR) is 97.7 cm³/mol. The molecule has 1 N–H and O–H groups in total. The SMILES string of the molecule is CNC(=O)c1c(-c2ccc(F)cc2)nc2cc3c(cn12)C(C)=CCCO3. The number of nitrogens with zero attached hydrogens (tertiary/aromatic N) is 2. The van der Waals surface area contributed by atoms with Gasteiger partial charge < -0.3 is 10.1 Å². The zero-order valence-corrected chi connectivity index (χ0v) is 14.5. The van der Waals surface area contributed by atoms with Crippen molar-refractivity contribution in [2.45, 2.75) is 13.3 Å². The summed E-state index contributed by atoms with van der Waals surface area (Å²) in [7, 11) is 1.58. The number of carbonyl (C=O) groups is 1. The number of aromatic nitrogens is 2. The Labute approximate surface area is 150 Å². The lowest BCUT2D eigenvalue weighted by Gasteiger charge is -2.10. The summed E-state index contributed by atoms with van der Waals surface area (Å²) in [4.78, 5) is 17.2. The fourth-order valence-electron chi connectivity index (χ4n) is 3.18. The molecule has 4 rings (SSSR count). The number of benzene rings is 1. The maximum absolute atomic E-state index is 13.3. The Hall–Kier alpha value is -3.15. The lowest BCUT2D eigenvalue weighted by molar-refractivity contribution is 0.0958. The molecule has 1 amide bonds. The van der Waals surface area contributed by atoms with Gasteiger partial charge in [0, 0.05) is 36.9 Å². The van der Waals surface area contributed by atoms with E-state index in [-0.39, 0.29) is 11.7 Å². The van der Waals surface area contributed by atoms with Gasteiger partial charge >= 0.3 is 0 Å². The number of carbonyl (C=O) groups excluding carboxylic acids is 1. The van der Waals surface area contributed by atoms with Crippen molar-refractivity contribution < 1.29 is 13.9 Å². The van der Waals surface area contributed by atoms with E-state index in [0.29, 0.717) is 29.2 Å². The van der Waals surface area contributed by atoms with E-state index >= 15 is 0 Å². The average Bonchev–Trinajstić information content (AvgIpc) is 2.92. The summed E-state index contributed by atoms with van der Waals surface area (Å²) in [6.07, 6.45) is 4.84. The highest BCUT2D eigenvalue weighted by Gasteiger charge is 2.22. The summed E-state index contributed by atoms with van der Waals surface area (Å²) in [5.41, 5.74) is 4.23. The van der Waals surface area contributed by atoms with Crippen LogP contribution in [0.3, 0.4) is 0 Å². The number of imidazole rings is 1. The molecule has 6 heteroatoms. The monoisotopic (exact) mass is 351 g/mol. The first-order valence-electron chi connectivity index (χ1n) is 8.42. The smallest absolute Gasteiger partial charge is 0.270 e. The molecular formula is C20H18FN3O2. The zero-order valence-electron chi connectivity index (χ0n) is 14.5. The molecule has 0 spiro atoms. The second kappa shape index (κ2) is 6.29. The van der Waals surface area contributed by atoms with Crippen LogP contribution in [-0.2, 0) is 0 Å². The van der Waals surface area contributed by atoms with Gasteiger partial charge in [-0.1, -0.05) is 6.08 Å². The molecule has 1 aromatic carbocycles. The molecule has 2 aromatic heterocycles. The number of pyridine rings is 1. The number of rotatable bonds is 2. The first-order chi connectivity index (χ1) is 12.6. The lowest BCUT2D eigenvalue weighted by Crippen LogP contribution is -2.20. The first kappa shape index (κ1) is 16.3. The highest BCUT2D eigenvalue weighted by atomic mass is 19.1. The van der Waals surface area contributed by atoms with Gasteiger partial charge in [-0.25, -0.2) is 9.37 Å². The third-order valence-corrected chi connectivity index (χ3v) is 4.53. The van der Waals surface area contributed by atoms with Crippen LogP contribution in [-0.4, -0.2) is 28.9 Å². The molecular weight excluding hydrogens is 333 g/mol. The summed E-state index contributed by atoms with van der Waals surface area (Å²) < 4.78 is 20.9. The largest absolute Gasteiger partial charge is 0.492 e. The van der Waals surface area contributed by atoms with Gasteiger partial charge in [0.15, 0.2) is 0 Å². The molecule has 132 valence electrons. The van der Waals surface area contributed by atoms with Gasteiger partial charge in [-0.3, -0.25) is 9.20 Å². The topological polar surface area (TPSA) is 55.6 Å². The third-order valence-electron chi connectivity index (χ3n) is 4.53. The van der Waals surface area contributed by atoms with E-state index in [2.05, 4.69) is 16.4 Å². The van der Waals surface area contributed by atoms with E-state index in [1.54, 1.807) is 23.6 Å². The van der Waals surface area contributed by atoms with Crippen molar-refractivity contribution in [1.82, 2.24) is 14.7 Å². The minimum Gasteiger partial charge on any atom is -0.492 e. The number of hydrogen-bond acceptors (Lipinski definition) is 3. The van der Waals surface area contributed by atoms with Gasteiger partial charge in [-0.05, 0) is 36.8 Å². The predicted octanol–water partition coefficient (Wildman–Crippen LogP) is 3.69. The molecule has 26 heavy (non-hydrogen) atoms.